The number of carbonyl (C=O) groups excluding carboxylic acids is 1. The van der Waals surface area contributed by atoms with Crippen molar-refractivity contribution in [2.75, 3.05) is 6.54 Å². The summed E-state index contributed by atoms with van der Waals surface area (Å²) in [5.74, 6) is 2.67. The fraction of sp³-hybridized carbons (Fsp3) is 0.500. The summed E-state index contributed by atoms with van der Waals surface area (Å²) in [5, 5.41) is 4.14. The zero-order valence-corrected chi connectivity index (χ0v) is 13.4. The highest BCUT2D eigenvalue weighted by Crippen LogP contribution is 2.40. The Morgan fingerprint density at radius 3 is 2.92 bits per heavy atom. The minimum Gasteiger partial charge on any atom is -0.480 e. The van der Waals surface area contributed by atoms with Gasteiger partial charge in [0, 0.05) is 18.9 Å². The van der Waals surface area contributed by atoms with Crippen molar-refractivity contribution in [3.05, 3.63) is 41.5 Å². The number of likely N-dealkylation sites (tertiary alicyclic amines) is 1. The van der Waals surface area contributed by atoms with E-state index >= 15 is 0 Å². The quantitative estimate of drug-likeness (QED) is 0.868. The molecule has 0 spiro atoms. The maximum atomic E-state index is 13.0. The van der Waals surface area contributed by atoms with E-state index in [2.05, 4.69) is 10.1 Å². The van der Waals surface area contributed by atoms with Gasteiger partial charge in [-0.3, -0.25) is 4.79 Å². The monoisotopic (exact) mass is 325 g/mol. The number of benzene rings is 1. The lowest BCUT2D eigenvalue weighted by molar-refractivity contribution is -0.139. The highest BCUT2D eigenvalue weighted by molar-refractivity contribution is 5.83. The van der Waals surface area contributed by atoms with E-state index in [-0.39, 0.29) is 11.9 Å². The number of carbonyl (C=O) groups is 1. The van der Waals surface area contributed by atoms with Crippen LogP contribution in [0.4, 0.5) is 0 Å². The van der Waals surface area contributed by atoms with Gasteiger partial charge in [-0.15, -0.1) is 0 Å². The molecule has 3 aliphatic rings. The van der Waals surface area contributed by atoms with Crippen LogP contribution in [0, 0.1) is 0 Å². The summed E-state index contributed by atoms with van der Waals surface area (Å²) in [5.41, 5.74) is 1.10. The molecule has 1 aromatic carbocycles. The summed E-state index contributed by atoms with van der Waals surface area (Å²) in [6.07, 6.45) is 4.31. The van der Waals surface area contributed by atoms with E-state index < -0.39 is 6.10 Å². The second kappa shape index (κ2) is 5.33. The van der Waals surface area contributed by atoms with Crippen molar-refractivity contribution in [1.29, 1.82) is 0 Å². The van der Waals surface area contributed by atoms with Gasteiger partial charge in [-0.2, -0.15) is 4.98 Å². The Morgan fingerprint density at radius 1 is 1.21 bits per heavy atom. The zero-order chi connectivity index (χ0) is 16.1. The molecule has 1 saturated heterocycles. The highest BCUT2D eigenvalue weighted by atomic mass is 16.5. The molecule has 3 heterocycles. The molecule has 1 aliphatic carbocycles. The minimum absolute atomic E-state index is 0.0338. The lowest BCUT2D eigenvalue weighted by Crippen LogP contribution is -2.41. The first-order valence-corrected chi connectivity index (χ1v) is 8.68. The number of aromatic nitrogens is 2. The summed E-state index contributed by atoms with van der Waals surface area (Å²) in [4.78, 5) is 19.4. The fourth-order valence-corrected chi connectivity index (χ4v) is 3.68. The van der Waals surface area contributed by atoms with Crippen LogP contribution in [0.1, 0.15) is 54.9 Å². The third-order valence-corrected chi connectivity index (χ3v) is 5.14. The molecule has 0 radical (unpaired) electrons. The third-order valence-electron chi connectivity index (χ3n) is 5.14. The topological polar surface area (TPSA) is 68.5 Å². The Balaban J connectivity index is 1.34. The first-order valence-electron chi connectivity index (χ1n) is 8.68. The SMILES string of the molecule is O=C(C1Cc2ccccc2O1)N1CCCC1c1noc(C2CC2)n1. The summed E-state index contributed by atoms with van der Waals surface area (Å²) >= 11 is 0. The molecule has 2 unspecified atom stereocenters. The Morgan fingerprint density at radius 2 is 2.08 bits per heavy atom. The molecule has 24 heavy (non-hydrogen) atoms. The standard InChI is InChI=1S/C18H19N3O3/c22-18(15-10-12-4-1-2-6-14(12)23-15)21-9-3-5-13(21)16-19-17(24-20-16)11-7-8-11/h1-2,4,6,11,13,15H,3,5,7-10H2. The van der Waals surface area contributed by atoms with Crippen molar-refractivity contribution in [2.24, 2.45) is 0 Å². The molecule has 5 rings (SSSR count). The summed E-state index contributed by atoms with van der Waals surface area (Å²) in [7, 11) is 0. The van der Waals surface area contributed by atoms with Crippen molar-refractivity contribution in [1.82, 2.24) is 15.0 Å². The first kappa shape index (κ1) is 14.0. The molecule has 0 N–H and O–H groups in total. The molecule has 2 atom stereocenters. The van der Waals surface area contributed by atoms with Crippen LogP contribution < -0.4 is 4.74 Å². The van der Waals surface area contributed by atoms with Crippen LogP contribution in [0.2, 0.25) is 0 Å². The largest absolute Gasteiger partial charge is 0.480 e. The molecule has 2 aliphatic heterocycles. The minimum atomic E-state index is -0.433. The van der Waals surface area contributed by atoms with E-state index in [0.29, 0.717) is 18.2 Å². The molecule has 1 saturated carbocycles. The van der Waals surface area contributed by atoms with Crippen LogP contribution in [-0.2, 0) is 11.2 Å². The maximum absolute atomic E-state index is 13.0. The van der Waals surface area contributed by atoms with E-state index in [4.69, 9.17) is 9.26 Å². The van der Waals surface area contributed by atoms with Crippen LogP contribution in [-0.4, -0.2) is 33.6 Å². The first-order chi connectivity index (χ1) is 11.8. The summed E-state index contributed by atoms with van der Waals surface area (Å²) < 4.78 is 11.2. The molecule has 6 heteroatoms. The smallest absolute Gasteiger partial charge is 0.264 e. The average molecular weight is 325 g/mol. The Kier molecular flexibility index (Phi) is 3.11. The van der Waals surface area contributed by atoms with Gasteiger partial charge in [0.25, 0.3) is 5.91 Å². The second-order valence-electron chi connectivity index (χ2n) is 6.87. The van der Waals surface area contributed by atoms with Crippen LogP contribution in [0.25, 0.3) is 0 Å². The van der Waals surface area contributed by atoms with Gasteiger partial charge in [-0.1, -0.05) is 23.4 Å². The molecule has 1 amide bonds. The number of rotatable bonds is 3. The van der Waals surface area contributed by atoms with Gasteiger partial charge in [-0.25, -0.2) is 0 Å². The summed E-state index contributed by atoms with van der Waals surface area (Å²) in [6.45, 7) is 0.729. The molecule has 6 nitrogen and oxygen atoms in total. The van der Waals surface area contributed by atoms with Gasteiger partial charge >= 0.3 is 0 Å². The van der Waals surface area contributed by atoms with Crippen molar-refractivity contribution < 1.29 is 14.1 Å². The zero-order valence-electron chi connectivity index (χ0n) is 13.4. The van der Waals surface area contributed by atoms with Crippen molar-refractivity contribution >= 4 is 5.91 Å². The van der Waals surface area contributed by atoms with Gasteiger partial charge < -0.3 is 14.2 Å². The number of para-hydroxylation sites is 1. The average Bonchev–Trinajstić information content (AvgIpc) is 3.06. The molecular weight excluding hydrogens is 306 g/mol. The van der Waals surface area contributed by atoms with Crippen molar-refractivity contribution in [3.8, 4) is 5.75 Å². The molecule has 2 aromatic rings. The molecule has 1 aromatic heterocycles. The summed E-state index contributed by atoms with van der Waals surface area (Å²) in [6, 6.07) is 7.77. The Labute approximate surface area is 139 Å². The number of nitrogens with zero attached hydrogens (tertiary/aromatic N) is 3. The highest BCUT2D eigenvalue weighted by Gasteiger charge is 2.40. The number of fused-ring (bicyclic) bond motifs is 1. The number of hydrogen-bond donors (Lipinski definition) is 0. The van der Waals surface area contributed by atoms with Gasteiger partial charge in [0.15, 0.2) is 11.9 Å². The van der Waals surface area contributed by atoms with E-state index in [0.717, 1.165) is 49.4 Å². The van der Waals surface area contributed by atoms with Gasteiger partial charge in [0.05, 0.1) is 6.04 Å². The van der Waals surface area contributed by atoms with Crippen LogP contribution in [0.3, 0.4) is 0 Å². The second-order valence-corrected chi connectivity index (χ2v) is 6.87. The third kappa shape index (κ3) is 2.28. The molecule has 0 bridgehead atoms. The Bertz CT molecular complexity index is 758. The van der Waals surface area contributed by atoms with Crippen molar-refractivity contribution in [3.63, 3.8) is 0 Å². The molecule has 124 valence electrons. The van der Waals surface area contributed by atoms with E-state index in [1.54, 1.807) is 0 Å². The van der Waals surface area contributed by atoms with Gasteiger partial charge in [-0.05, 0) is 37.3 Å². The predicted molar refractivity (Wildman–Crippen MR) is 84.5 cm³/mol. The van der Waals surface area contributed by atoms with Crippen molar-refractivity contribution in [2.45, 2.75) is 50.2 Å². The van der Waals surface area contributed by atoms with E-state index in [1.807, 2.05) is 29.2 Å². The van der Waals surface area contributed by atoms with E-state index in [1.165, 1.54) is 0 Å². The molecule has 2 fully saturated rings. The number of ether oxygens (including phenoxy) is 1. The molecular formula is C18H19N3O3. The Hall–Kier alpha value is -2.37. The number of amides is 1. The van der Waals surface area contributed by atoms with Gasteiger partial charge in [0.1, 0.15) is 5.75 Å². The lowest BCUT2D eigenvalue weighted by Gasteiger charge is -2.25. The fourth-order valence-electron chi connectivity index (χ4n) is 3.68. The number of hydrogen-bond acceptors (Lipinski definition) is 5. The predicted octanol–water partition coefficient (Wildman–Crippen LogP) is 2.61. The van der Waals surface area contributed by atoms with Gasteiger partial charge in [0.2, 0.25) is 5.89 Å². The lowest BCUT2D eigenvalue weighted by atomic mass is 10.1. The van der Waals surface area contributed by atoms with Crippen LogP contribution in [0.15, 0.2) is 28.8 Å². The maximum Gasteiger partial charge on any atom is 0.264 e. The van der Waals surface area contributed by atoms with Crippen LogP contribution >= 0.6 is 0 Å². The normalized spacial score (nSPS) is 25.6. The van der Waals surface area contributed by atoms with Crippen LogP contribution in [0.5, 0.6) is 5.75 Å². The van der Waals surface area contributed by atoms with E-state index in [9.17, 15) is 4.79 Å².